The van der Waals surface area contributed by atoms with Crippen LogP contribution in [0.3, 0.4) is 0 Å². The number of carbonyl (C=O) groups excluding carboxylic acids is 1. The van der Waals surface area contributed by atoms with E-state index in [1.807, 2.05) is 64.2 Å². The third kappa shape index (κ3) is 4.42. The first-order valence-electron chi connectivity index (χ1n) is 9.82. The molecular weight excluding hydrogens is 366 g/mol. The van der Waals surface area contributed by atoms with Crippen molar-refractivity contribution in [1.82, 2.24) is 14.5 Å². The van der Waals surface area contributed by atoms with Gasteiger partial charge >= 0.3 is 0 Å². The van der Waals surface area contributed by atoms with E-state index in [-0.39, 0.29) is 11.9 Å². The van der Waals surface area contributed by atoms with Crippen LogP contribution < -0.4 is 9.47 Å². The van der Waals surface area contributed by atoms with Gasteiger partial charge < -0.3 is 18.9 Å². The number of hydrogen-bond acceptors (Lipinski definition) is 4. The summed E-state index contributed by atoms with van der Waals surface area (Å²) in [5, 5.41) is 0. The first-order valence-corrected chi connectivity index (χ1v) is 9.82. The number of rotatable bonds is 6. The number of benzene rings is 2. The fourth-order valence-electron chi connectivity index (χ4n) is 3.74. The summed E-state index contributed by atoms with van der Waals surface area (Å²) in [6, 6.07) is 15.7. The van der Waals surface area contributed by atoms with Crippen LogP contribution >= 0.6 is 0 Å². The second-order valence-electron chi connectivity index (χ2n) is 7.17. The Hall–Kier alpha value is -3.28. The zero-order valence-corrected chi connectivity index (χ0v) is 16.5. The van der Waals surface area contributed by atoms with Crippen LogP contribution in [0.5, 0.6) is 11.5 Å². The minimum atomic E-state index is -0.0678. The SMILES string of the molecule is COc1ccccc1CCC(=O)N1Cc2ccccc2OCC1Cn1ccnc1. The minimum Gasteiger partial charge on any atom is -0.496 e. The minimum absolute atomic E-state index is 0.0678. The second kappa shape index (κ2) is 8.82. The molecule has 29 heavy (non-hydrogen) atoms. The lowest BCUT2D eigenvalue weighted by molar-refractivity contribution is -0.134. The van der Waals surface area contributed by atoms with Crippen LogP contribution in [0.2, 0.25) is 0 Å². The summed E-state index contributed by atoms with van der Waals surface area (Å²) < 4.78 is 13.5. The van der Waals surface area contributed by atoms with E-state index < -0.39 is 0 Å². The molecule has 0 bridgehead atoms. The number of methoxy groups -OCH3 is 1. The summed E-state index contributed by atoms with van der Waals surface area (Å²) in [6.45, 7) is 1.64. The van der Waals surface area contributed by atoms with E-state index in [4.69, 9.17) is 9.47 Å². The highest BCUT2D eigenvalue weighted by atomic mass is 16.5. The summed E-state index contributed by atoms with van der Waals surface area (Å²) >= 11 is 0. The standard InChI is InChI=1S/C23H25N3O3/c1-28-21-8-4-2-6-18(21)10-11-23(27)26-14-19-7-3-5-9-22(19)29-16-20(26)15-25-13-12-24-17-25/h2-9,12-13,17,20H,10-11,14-16H2,1H3. The maximum absolute atomic E-state index is 13.3. The Bertz CT molecular complexity index is 956. The van der Waals surface area contributed by atoms with E-state index >= 15 is 0 Å². The van der Waals surface area contributed by atoms with Gasteiger partial charge in [0.05, 0.1) is 19.5 Å². The maximum Gasteiger partial charge on any atom is 0.223 e. The van der Waals surface area contributed by atoms with Crippen molar-refractivity contribution in [2.75, 3.05) is 13.7 Å². The summed E-state index contributed by atoms with van der Waals surface area (Å²) in [4.78, 5) is 19.3. The van der Waals surface area contributed by atoms with Crippen molar-refractivity contribution in [2.45, 2.75) is 32.0 Å². The van der Waals surface area contributed by atoms with Gasteiger partial charge in [-0.2, -0.15) is 0 Å². The van der Waals surface area contributed by atoms with Gasteiger partial charge in [0.25, 0.3) is 0 Å². The maximum atomic E-state index is 13.3. The largest absolute Gasteiger partial charge is 0.496 e. The molecule has 1 aliphatic rings. The average Bonchev–Trinajstić information content (AvgIpc) is 3.20. The molecule has 6 heteroatoms. The van der Waals surface area contributed by atoms with Crippen LogP contribution in [0.1, 0.15) is 17.5 Å². The van der Waals surface area contributed by atoms with E-state index in [1.54, 1.807) is 19.6 Å². The fourth-order valence-corrected chi connectivity index (χ4v) is 3.74. The predicted octanol–water partition coefficient (Wildman–Crippen LogP) is 3.31. The van der Waals surface area contributed by atoms with Crippen molar-refractivity contribution in [3.63, 3.8) is 0 Å². The predicted molar refractivity (Wildman–Crippen MR) is 110 cm³/mol. The first kappa shape index (κ1) is 19.1. The van der Waals surface area contributed by atoms with Gasteiger partial charge in [-0.15, -0.1) is 0 Å². The van der Waals surface area contributed by atoms with Crippen LogP contribution in [0, 0.1) is 0 Å². The van der Waals surface area contributed by atoms with Gasteiger partial charge in [-0.3, -0.25) is 4.79 Å². The van der Waals surface area contributed by atoms with Crippen LogP contribution in [0.25, 0.3) is 0 Å². The third-order valence-electron chi connectivity index (χ3n) is 5.29. The van der Waals surface area contributed by atoms with Gasteiger partial charge in [0.15, 0.2) is 0 Å². The quantitative estimate of drug-likeness (QED) is 0.647. The van der Waals surface area contributed by atoms with Gasteiger partial charge in [0.1, 0.15) is 18.1 Å². The first-order chi connectivity index (χ1) is 14.2. The van der Waals surface area contributed by atoms with E-state index in [0.717, 1.165) is 22.6 Å². The molecule has 0 radical (unpaired) electrons. The summed E-state index contributed by atoms with van der Waals surface area (Å²) in [5.41, 5.74) is 2.08. The molecule has 0 spiro atoms. The number of amides is 1. The number of aromatic nitrogens is 2. The van der Waals surface area contributed by atoms with Crippen molar-refractivity contribution in [2.24, 2.45) is 0 Å². The van der Waals surface area contributed by atoms with Crippen molar-refractivity contribution in [1.29, 1.82) is 0 Å². The van der Waals surface area contributed by atoms with Gasteiger partial charge in [-0.1, -0.05) is 36.4 Å². The Labute approximate surface area is 170 Å². The highest BCUT2D eigenvalue weighted by Crippen LogP contribution is 2.26. The number of nitrogens with zero attached hydrogens (tertiary/aromatic N) is 3. The molecular formula is C23H25N3O3. The number of carbonyl (C=O) groups is 1. The summed E-state index contributed by atoms with van der Waals surface area (Å²) in [6.07, 6.45) is 6.49. The van der Waals surface area contributed by atoms with E-state index in [9.17, 15) is 4.79 Å². The lowest BCUT2D eigenvalue weighted by Gasteiger charge is -2.29. The van der Waals surface area contributed by atoms with Gasteiger partial charge in [0.2, 0.25) is 5.91 Å². The van der Waals surface area contributed by atoms with Crippen molar-refractivity contribution in [3.8, 4) is 11.5 Å². The number of ether oxygens (including phenoxy) is 2. The molecule has 1 aliphatic heterocycles. The number of aryl methyl sites for hydroxylation is 1. The molecule has 150 valence electrons. The molecule has 0 N–H and O–H groups in total. The Morgan fingerprint density at radius 2 is 2.03 bits per heavy atom. The monoisotopic (exact) mass is 391 g/mol. The van der Waals surface area contributed by atoms with Crippen molar-refractivity contribution < 1.29 is 14.3 Å². The molecule has 6 nitrogen and oxygen atoms in total. The number of para-hydroxylation sites is 2. The Morgan fingerprint density at radius 3 is 2.86 bits per heavy atom. The van der Waals surface area contributed by atoms with E-state index in [1.165, 1.54) is 0 Å². The summed E-state index contributed by atoms with van der Waals surface area (Å²) in [5.74, 6) is 1.78. The molecule has 0 saturated heterocycles. The van der Waals surface area contributed by atoms with Gasteiger partial charge in [0, 0.05) is 37.5 Å². The highest BCUT2D eigenvalue weighted by molar-refractivity contribution is 5.77. The molecule has 1 atom stereocenters. The molecule has 3 aromatic rings. The lowest BCUT2D eigenvalue weighted by atomic mass is 10.1. The molecule has 0 fully saturated rings. The fraction of sp³-hybridized carbons (Fsp3) is 0.304. The number of hydrogen-bond donors (Lipinski definition) is 0. The topological polar surface area (TPSA) is 56.6 Å². The Balaban J connectivity index is 1.53. The Morgan fingerprint density at radius 1 is 1.21 bits per heavy atom. The smallest absolute Gasteiger partial charge is 0.223 e. The van der Waals surface area contributed by atoms with Crippen LogP contribution in [-0.4, -0.2) is 40.1 Å². The second-order valence-corrected chi connectivity index (χ2v) is 7.17. The third-order valence-corrected chi connectivity index (χ3v) is 5.29. The molecule has 0 saturated carbocycles. The molecule has 0 aliphatic carbocycles. The van der Waals surface area contributed by atoms with Gasteiger partial charge in [-0.05, 0) is 24.1 Å². The van der Waals surface area contributed by atoms with Crippen molar-refractivity contribution >= 4 is 5.91 Å². The van der Waals surface area contributed by atoms with Crippen LogP contribution in [0.15, 0.2) is 67.3 Å². The van der Waals surface area contributed by atoms with Crippen LogP contribution in [0.4, 0.5) is 0 Å². The molecule has 1 unspecified atom stereocenters. The van der Waals surface area contributed by atoms with Gasteiger partial charge in [-0.25, -0.2) is 4.98 Å². The number of imidazole rings is 1. The molecule has 4 rings (SSSR count). The average molecular weight is 391 g/mol. The molecule has 1 amide bonds. The normalized spacial score (nSPS) is 15.9. The summed E-state index contributed by atoms with van der Waals surface area (Å²) in [7, 11) is 1.66. The Kier molecular flexibility index (Phi) is 5.79. The molecule has 2 heterocycles. The van der Waals surface area contributed by atoms with Crippen LogP contribution in [-0.2, 0) is 24.3 Å². The van der Waals surface area contributed by atoms with Crippen molar-refractivity contribution in [3.05, 3.63) is 78.4 Å². The zero-order chi connectivity index (χ0) is 20.1. The van der Waals surface area contributed by atoms with E-state index in [2.05, 4.69) is 4.98 Å². The zero-order valence-electron chi connectivity index (χ0n) is 16.5. The molecule has 1 aromatic heterocycles. The lowest BCUT2D eigenvalue weighted by Crippen LogP contribution is -2.44. The number of fused-ring (bicyclic) bond motifs is 1. The highest BCUT2D eigenvalue weighted by Gasteiger charge is 2.28. The molecule has 2 aromatic carbocycles. The van der Waals surface area contributed by atoms with E-state index in [0.29, 0.717) is 32.5 Å².